The lowest BCUT2D eigenvalue weighted by atomic mass is 10.0. The fourth-order valence-electron chi connectivity index (χ4n) is 1.44. The minimum Gasteiger partial charge on any atom is -0.480 e. The van der Waals surface area contributed by atoms with Crippen molar-refractivity contribution in [3.63, 3.8) is 0 Å². The molecule has 0 amide bonds. The summed E-state index contributed by atoms with van der Waals surface area (Å²) in [5, 5.41) is 19.8. The average Bonchev–Trinajstić information content (AvgIpc) is 2.26. The third kappa shape index (κ3) is 2.94. The van der Waals surface area contributed by atoms with Gasteiger partial charge in [0, 0.05) is 0 Å². The third-order valence-corrected chi connectivity index (χ3v) is 2.40. The molecule has 96 valence electrons. The first kappa shape index (κ1) is 13.9. The van der Waals surface area contributed by atoms with Crippen LogP contribution < -0.4 is 5.32 Å². The van der Waals surface area contributed by atoms with Gasteiger partial charge in [0.2, 0.25) is 0 Å². The summed E-state index contributed by atoms with van der Waals surface area (Å²) in [6.07, 6.45) is 0. The molecule has 0 saturated carbocycles. The number of carboxylic acid groups (broad SMARTS) is 1. The van der Waals surface area contributed by atoms with Gasteiger partial charge in [0.15, 0.2) is 11.6 Å². The maximum Gasteiger partial charge on any atom is 0.326 e. The van der Waals surface area contributed by atoms with Crippen LogP contribution in [-0.2, 0) is 4.79 Å². The normalized spacial score (nSPS) is 12.0. The molecule has 4 nitrogen and oxygen atoms in total. The van der Waals surface area contributed by atoms with Gasteiger partial charge in [0.05, 0.1) is 11.6 Å². The minimum absolute atomic E-state index is 0.160. The Labute approximate surface area is 103 Å². The molecule has 0 radical (unpaired) electrons. The molecule has 0 spiro atoms. The summed E-state index contributed by atoms with van der Waals surface area (Å²) in [6.45, 7) is 3.23. The summed E-state index contributed by atoms with van der Waals surface area (Å²) < 4.78 is 27.1. The first-order valence-electron chi connectivity index (χ1n) is 5.25. The maximum atomic E-state index is 13.5. The largest absolute Gasteiger partial charge is 0.480 e. The van der Waals surface area contributed by atoms with Crippen molar-refractivity contribution in [1.82, 2.24) is 0 Å². The summed E-state index contributed by atoms with van der Waals surface area (Å²) in [6, 6.07) is 2.20. The summed E-state index contributed by atoms with van der Waals surface area (Å²) >= 11 is 0. The van der Waals surface area contributed by atoms with Crippen molar-refractivity contribution < 1.29 is 18.7 Å². The zero-order valence-electron chi connectivity index (χ0n) is 9.87. The lowest BCUT2D eigenvalue weighted by Gasteiger charge is -2.19. The first-order chi connectivity index (χ1) is 8.36. The SMILES string of the molecule is CC(C)[C@@H](Nc1c(F)cc(C#N)cc1F)C(=O)O. The van der Waals surface area contributed by atoms with Crippen molar-refractivity contribution >= 4 is 11.7 Å². The zero-order valence-corrected chi connectivity index (χ0v) is 9.87. The van der Waals surface area contributed by atoms with Crippen molar-refractivity contribution in [2.45, 2.75) is 19.9 Å². The third-order valence-electron chi connectivity index (χ3n) is 2.40. The highest BCUT2D eigenvalue weighted by Gasteiger charge is 2.24. The van der Waals surface area contributed by atoms with E-state index in [0.717, 1.165) is 12.1 Å². The fraction of sp³-hybridized carbons (Fsp3) is 0.333. The molecule has 0 aromatic heterocycles. The number of aliphatic carboxylic acids is 1. The van der Waals surface area contributed by atoms with Crippen LogP contribution in [0.2, 0.25) is 0 Å². The Bertz CT molecular complexity index is 486. The van der Waals surface area contributed by atoms with E-state index in [-0.39, 0.29) is 11.5 Å². The molecule has 1 rings (SSSR count). The topological polar surface area (TPSA) is 73.1 Å². The number of hydrogen-bond donors (Lipinski definition) is 2. The Hall–Kier alpha value is -2.16. The number of carbonyl (C=O) groups is 1. The van der Waals surface area contributed by atoms with Crippen molar-refractivity contribution in [2.75, 3.05) is 5.32 Å². The molecule has 0 fully saturated rings. The Balaban J connectivity index is 3.12. The Kier molecular flexibility index (Phi) is 4.21. The van der Waals surface area contributed by atoms with E-state index < -0.39 is 29.3 Å². The number of halogens is 2. The lowest BCUT2D eigenvalue weighted by Crippen LogP contribution is -2.35. The molecule has 1 atom stereocenters. The quantitative estimate of drug-likeness (QED) is 0.865. The minimum atomic E-state index is -1.20. The molecule has 18 heavy (non-hydrogen) atoms. The molecule has 1 aromatic rings. The monoisotopic (exact) mass is 254 g/mol. The molecule has 0 heterocycles. The van der Waals surface area contributed by atoms with Gasteiger partial charge in [0.1, 0.15) is 11.7 Å². The fourth-order valence-corrected chi connectivity index (χ4v) is 1.44. The van der Waals surface area contributed by atoms with Crippen molar-refractivity contribution in [3.8, 4) is 6.07 Å². The number of rotatable bonds is 4. The second-order valence-corrected chi connectivity index (χ2v) is 4.13. The predicted octanol–water partition coefficient (Wildman–Crippen LogP) is 2.36. The van der Waals surface area contributed by atoms with Crippen LogP contribution in [0.1, 0.15) is 19.4 Å². The number of anilines is 1. The van der Waals surface area contributed by atoms with Crippen molar-refractivity contribution in [2.24, 2.45) is 5.92 Å². The lowest BCUT2D eigenvalue weighted by molar-refractivity contribution is -0.138. The molecule has 0 saturated heterocycles. The molecule has 1 aromatic carbocycles. The molecule has 6 heteroatoms. The van der Waals surface area contributed by atoms with Crippen LogP contribution in [-0.4, -0.2) is 17.1 Å². The van der Waals surface area contributed by atoms with Gasteiger partial charge in [-0.1, -0.05) is 13.8 Å². The number of nitrogens with zero attached hydrogens (tertiary/aromatic N) is 1. The van der Waals surface area contributed by atoms with Gasteiger partial charge in [-0.25, -0.2) is 13.6 Å². The standard InChI is InChI=1S/C12H12F2N2O2/c1-6(2)10(12(17)18)16-11-8(13)3-7(5-15)4-9(11)14/h3-4,6,10,16H,1-2H3,(H,17,18)/t10-/m1/s1. The van der Waals surface area contributed by atoms with E-state index in [2.05, 4.69) is 5.32 Å². The van der Waals surface area contributed by atoms with E-state index in [4.69, 9.17) is 10.4 Å². The number of nitrogens with one attached hydrogen (secondary N) is 1. The van der Waals surface area contributed by atoms with E-state index >= 15 is 0 Å². The maximum absolute atomic E-state index is 13.5. The van der Waals surface area contributed by atoms with E-state index in [0.29, 0.717) is 0 Å². The smallest absolute Gasteiger partial charge is 0.326 e. The molecule has 0 bridgehead atoms. The Morgan fingerprint density at radius 2 is 1.89 bits per heavy atom. The number of nitriles is 1. The molecule has 0 aliphatic rings. The van der Waals surface area contributed by atoms with Crippen LogP contribution in [0.4, 0.5) is 14.5 Å². The van der Waals surface area contributed by atoms with Crippen LogP contribution >= 0.6 is 0 Å². The molecular weight excluding hydrogens is 242 g/mol. The zero-order chi connectivity index (χ0) is 13.9. The van der Waals surface area contributed by atoms with Gasteiger partial charge in [-0.3, -0.25) is 0 Å². The van der Waals surface area contributed by atoms with Gasteiger partial charge < -0.3 is 10.4 Å². The van der Waals surface area contributed by atoms with Gasteiger partial charge in [-0.05, 0) is 18.1 Å². The first-order valence-corrected chi connectivity index (χ1v) is 5.25. The van der Waals surface area contributed by atoms with Gasteiger partial charge in [-0.15, -0.1) is 0 Å². The number of benzene rings is 1. The van der Waals surface area contributed by atoms with Crippen LogP contribution in [0.15, 0.2) is 12.1 Å². The molecular formula is C12H12F2N2O2. The summed E-state index contributed by atoms with van der Waals surface area (Å²) in [5.41, 5.74) is -0.693. The summed E-state index contributed by atoms with van der Waals surface area (Å²) in [4.78, 5) is 10.9. The Morgan fingerprint density at radius 3 is 2.22 bits per heavy atom. The van der Waals surface area contributed by atoms with Gasteiger partial charge in [0.25, 0.3) is 0 Å². The van der Waals surface area contributed by atoms with E-state index in [1.165, 1.54) is 0 Å². The van der Waals surface area contributed by atoms with Crippen LogP contribution in [0.3, 0.4) is 0 Å². The highest BCUT2D eigenvalue weighted by atomic mass is 19.1. The van der Waals surface area contributed by atoms with E-state index in [9.17, 15) is 13.6 Å². The summed E-state index contributed by atoms with van der Waals surface area (Å²) in [5.74, 6) is -3.53. The van der Waals surface area contributed by atoms with Gasteiger partial charge >= 0.3 is 5.97 Å². The van der Waals surface area contributed by atoms with Crippen molar-refractivity contribution in [1.29, 1.82) is 5.26 Å². The van der Waals surface area contributed by atoms with Crippen LogP contribution in [0.25, 0.3) is 0 Å². The molecule has 0 aliphatic heterocycles. The second-order valence-electron chi connectivity index (χ2n) is 4.13. The highest BCUT2D eigenvalue weighted by molar-refractivity contribution is 5.77. The van der Waals surface area contributed by atoms with E-state index in [1.54, 1.807) is 19.9 Å². The molecule has 0 aliphatic carbocycles. The van der Waals surface area contributed by atoms with Crippen molar-refractivity contribution in [3.05, 3.63) is 29.3 Å². The molecule has 0 unspecified atom stereocenters. The average molecular weight is 254 g/mol. The van der Waals surface area contributed by atoms with Crippen LogP contribution in [0, 0.1) is 28.9 Å². The second kappa shape index (κ2) is 5.45. The van der Waals surface area contributed by atoms with Crippen LogP contribution in [0.5, 0.6) is 0 Å². The Morgan fingerprint density at radius 1 is 1.39 bits per heavy atom. The van der Waals surface area contributed by atoms with Gasteiger partial charge in [-0.2, -0.15) is 5.26 Å². The number of carboxylic acids is 1. The van der Waals surface area contributed by atoms with E-state index in [1.807, 2.05) is 0 Å². The number of hydrogen-bond acceptors (Lipinski definition) is 3. The molecule has 2 N–H and O–H groups in total. The highest BCUT2D eigenvalue weighted by Crippen LogP contribution is 2.22. The summed E-state index contributed by atoms with van der Waals surface area (Å²) in [7, 11) is 0. The predicted molar refractivity (Wildman–Crippen MR) is 61.0 cm³/mol.